The Kier molecular flexibility index (Phi) is 4.23. The SMILES string of the molecule is Cc1ccc(CN2CCC3C2CC(=O)N3CC(=O)N(C)C)s1. The van der Waals surface area contributed by atoms with Crippen LogP contribution in [0.25, 0.3) is 0 Å². The molecular weight excluding hydrogens is 298 g/mol. The Morgan fingerprint density at radius 3 is 2.77 bits per heavy atom. The van der Waals surface area contributed by atoms with Crippen LogP contribution in [0.5, 0.6) is 0 Å². The molecule has 0 bridgehead atoms. The van der Waals surface area contributed by atoms with E-state index in [2.05, 4.69) is 24.0 Å². The number of nitrogens with zero attached hydrogens (tertiary/aromatic N) is 3. The predicted octanol–water partition coefficient (Wildman–Crippen LogP) is 1.32. The topological polar surface area (TPSA) is 43.9 Å². The van der Waals surface area contributed by atoms with Gasteiger partial charge in [-0.05, 0) is 25.5 Å². The second-order valence-corrected chi connectivity index (χ2v) is 7.79. The molecule has 0 spiro atoms. The zero-order chi connectivity index (χ0) is 15.9. The van der Waals surface area contributed by atoms with Gasteiger partial charge in [-0.1, -0.05) is 0 Å². The van der Waals surface area contributed by atoms with E-state index in [0.29, 0.717) is 6.42 Å². The van der Waals surface area contributed by atoms with Crippen molar-refractivity contribution in [2.24, 2.45) is 0 Å². The van der Waals surface area contributed by atoms with Gasteiger partial charge in [-0.2, -0.15) is 0 Å². The minimum Gasteiger partial charge on any atom is -0.347 e. The van der Waals surface area contributed by atoms with Crippen LogP contribution in [-0.4, -0.2) is 65.8 Å². The van der Waals surface area contributed by atoms with Gasteiger partial charge < -0.3 is 9.80 Å². The van der Waals surface area contributed by atoms with Crippen molar-refractivity contribution in [2.75, 3.05) is 27.2 Å². The van der Waals surface area contributed by atoms with E-state index in [1.54, 1.807) is 23.9 Å². The maximum atomic E-state index is 12.3. The highest BCUT2D eigenvalue weighted by atomic mass is 32.1. The molecule has 3 heterocycles. The van der Waals surface area contributed by atoms with Gasteiger partial charge in [0, 0.05) is 55.4 Å². The average molecular weight is 321 g/mol. The van der Waals surface area contributed by atoms with Crippen molar-refractivity contribution < 1.29 is 9.59 Å². The van der Waals surface area contributed by atoms with Crippen LogP contribution in [0.15, 0.2) is 12.1 Å². The Balaban J connectivity index is 1.67. The normalized spacial score (nSPS) is 24.9. The summed E-state index contributed by atoms with van der Waals surface area (Å²) < 4.78 is 0. The van der Waals surface area contributed by atoms with Crippen molar-refractivity contribution in [3.05, 3.63) is 21.9 Å². The Morgan fingerprint density at radius 1 is 1.36 bits per heavy atom. The van der Waals surface area contributed by atoms with E-state index in [4.69, 9.17) is 0 Å². The summed E-state index contributed by atoms with van der Waals surface area (Å²) in [5.41, 5.74) is 0. The summed E-state index contributed by atoms with van der Waals surface area (Å²) in [5.74, 6) is 0.124. The van der Waals surface area contributed by atoms with Gasteiger partial charge in [0.1, 0.15) is 6.54 Å². The second-order valence-electron chi connectivity index (χ2n) is 6.42. The van der Waals surface area contributed by atoms with Crippen molar-refractivity contribution in [3.63, 3.8) is 0 Å². The Bertz CT molecular complexity index is 584. The van der Waals surface area contributed by atoms with E-state index < -0.39 is 0 Å². The number of carbonyl (C=O) groups is 2. The summed E-state index contributed by atoms with van der Waals surface area (Å²) in [5, 5.41) is 0. The van der Waals surface area contributed by atoms with E-state index >= 15 is 0 Å². The number of hydrogen-bond acceptors (Lipinski definition) is 4. The smallest absolute Gasteiger partial charge is 0.241 e. The molecule has 0 radical (unpaired) electrons. The van der Waals surface area contributed by atoms with E-state index in [9.17, 15) is 9.59 Å². The number of hydrogen-bond donors (Lipinski definition) is 0. The third-order valence-electron chi connectivity index (χ3n) is 4.69. The lowest BCUT2D eigenvalue weighted by Crippen LogP contribution is -2.43. The summed E-state index contributed by atoms with van der Waals surface area (Å²) in [6.07, 6.45) is 1.53. The van der Waals surface area contributed by atoms with Gasteiger partial charge in [0.2, 0.25) is 11.8 Å². The highest BCUT2D eigenvalue weighted by molar-refractivity contribution is 7.11. The zero-order valence-electron chi connectivity index (χ0n) is 13.4. The summed E-state index contributed by atoms with van der Waals surface area (Å²) in [4.78, 5) is 32.7. The molecule has 2 fully saturated rings. The minimum absolute atomic E-state index is 0.00123. The molecule has 0 N–H and O–H groups in total. The second kappa shape index (κ2) is 6.01. The summed E-state index contributed by atoms with van der Waals surface area (Å²) >= 11 is 1.82. The fourth-order valence-corrected chi connectivity index (χ4v) is 4.38. The van der Waals surface area contributed by atoms with Crippen molar-refractivity contribution >= 4 is 23.2 Å². The third kappa shape index (κ3) is 2.90. The van der Waals surface area contributed by atoms with E-state index in [0.717, 1.165) is 19.5 Å². The molecule has 2 aliphatic rings. The van der Waals surface area contributed by atoms with E-state index in [1.807, 2.05) is 11.3 Å². The molecule has 1 aromatic heterocycles. The van der Waals surface area contributed by atoms with E-state index in [1.165, 1.54) is 9.75 Å². The number of fused-ring (bicyclic) bond motifs is 1. The molecule has 120 valence electrons. The fourth-order valence-electron chi connectivity index (χ4n) is 3.47. The van der Waals surface area contributed by atoms with Crippen LogP contribution in [0, 0.1) is 6.92 Å². The minimum atomic E-state index is 0.00123. The van der Waals surface area contributed by atoms with Gasteiger partial charge in [0.15, 0.2) is 0 Å². The number of carbonyl (C=O) groups excluding carboxylic acids is 2. The van der Waals surface area contributed by atoms with Crippen molar-refractivity contribution in [1.29, 1.82) is 0 Å². The number of likely N-dealkylation sites (tertiary alicyclic amines) is 2. The Hall–Kier alpha value is -1.40. The van der Waals surface area contributed by atoms with E-state index in [-0.39, 0.29) is 30.4 Å². The first-order chi connectivity index (χ1) is 10.5. The lowest BCUT2D eigenvalue weighted by atomic mass is 10.1. The van der Waals surface area contributed by atoms with Crippen LogP contribution < -0.4 is 0 Å². The van der Waals surface area contributed by atoms with Crippen LogP contribution in [0.2, 0.25) is 0 Å². The van der Waals surface area contributed by atoms with Gasteiger partial charge >= 0.3 is 0 Å². The van der Waals surface area contributed by atoms with Gasteiger partial charge in [0.05, 0.1) is 0 Å². The molecule has 6 heteroatoms. The lowest BCUT2D eigenvalue weighted by molar-refractivity contribution is -0.138. The predicted molar refractivity (Wildman–Crippen MR) is 86.7 cm³/mol. The standard InChI is InChI=1S/C16H23N3O2S/c1-11-4-5-12(22-11)9-18-7-6-13-14(18)8-15(20)19(13)10-16(21)17(2)3/h4-5,13-14H,6-10H2,1-3H3. The Labute approximate surface area is 135 Å². The molecule has 1 aromatic rings. The number of thiophene rings is 1. The quantitative estimate of drug-likeness (QED) is 0.840. The van der Waals surface area contributed by atoms with Crippen molar-refractivity contribution in [3.8, 4) is 0 Å². The molecule has 2 amide bonds. The van der Waals surface area contributed by atoms with Crippen LogP contribution in [-0.2, 0) is 16.1 Å². The van der Waals surface area contributed by atoms with Crippen LogP contribution >= 0.6 is 11.3 Å². The van der Waals surface area contributed by atoms with Crippen LogP contribution in [0.1, 0.15) is 22.6 Å². The highest BCUT2D eigenvalue weighted by Gasteiger charge is 2.47. The molecule has 0 saturated carbocycles. The molecule has 5 nitrogen and oxygen atoms in total. The molecule has 2 atom stereocenters. The van der Waals surface area contributed by atoms with Crippen LogP contribution in [0.3, 0.4) is 0 Å². The summed E-state index contributed by atoms with van der Waals surface area (Å²) in [6.45, 7) is 4.27. The monoisotopic (exact) mass is 321 g/mol. The zero-order valence-corrected chi connectivity index (χ0v) is 14.2. The molecule has 0 aromatic carbocycles. The first-order valence-corrected chi connectivity index (χ1v) is 8.56. The maximum Gasteiger partial charge on any atom is 0.241 e. The summed E-state index contributed by atoms with van der Waals surface area (Å²) in [6, 6.07) is 4.80. The number of likely N-dealkylation sites (N-methyl/N-ethyl adjacent to an activating group) is 1. The van der Waals surface area contributed by atoms with Gasteiger partial charge in [-0.25, -0.2) is 0 Å². The molecule has 2 unspecified atom stereocenters. The fraction of sp³-hybridized carbons (Fsp3) is 0.625. The summed E-state index contributed by atoms with van der Waals surface area (Å²) in [7, 11) is 3.47. The van der Waals surface area contributed by atoms with Gasteiger partial charge in [-0.3, -0.25) is 14.5 Å². The molecule has 2 aliphatic heterocycles. The number of amides is 2. The average Bonchev–Trinajstić information content (AvgIpc) is 3.11. The van der Waals surface area contributed by atoms with Gasteiger partial charge in [0.25, 0.3) is 0 Å². The number of rotatable bonds is 4. The van der Waals surface area contributed by atoms with Gasteiger partial charge in [-0.15, -0.1) is 11.3 Å². The largest absolute Gasteiger partial charge is 0.347 e. The molecule has 2 saturated heterocycles. The number of aryl methyl sites for hydroxylation is 1. The maximum absolute atomic E-state index is 12.3. The molecular formula is C16H23N3O2S. The Morgan fingerprint density at radius 2 is 2.14 bits per heavy atom. The van der Waals surface area contributed by atoms with Crippen molar-refractivity contribution in [1.82, 2.24) is 14.7 Å². The third-order valence-corrected chi connectivity index (χ3v) is 5.67. The van der Waals surface area contributed by atoms with Crippen LogP contribution in [0.4, 0.5) is 0 Å². The molecule has 3 rings (SSSR count). The lowest BCUT2D eigenvalue weighted by Gasteiger charge is -2.25. The first-order valence-electron chi connectivity index (χ1n) is 7.74. The first kappa shape index (κ1) is 15.5. The molecule has 22 heavy (non-hydrogen) atoms. The van der Waals surface area contributed by atoms with Crippen molar-refractivity contribution in [2.45, 2.75) is 38.4 Å². The molecule has 0 aliphatic carbocycles. The highest BCUT2D eigenvalue weighted by Crippen LogP contribution is 2.34.